The Morgan fingerprint density at radius 1 is 1.40 bits per heavy atom. The Morgan fingerprint density at radius 3 is 2.45 bits per heavy atom. The largest absolute Gasteiger partial charge is 0.481 e. The molecule has 10 heteroatoms. The van der Waals surface area contributed by atoms with Crippen LogP contribution in [0.3, 0.4) is 0 Å². The normalized spacial score (nSPS) is 12.3. The fourth-order valence-corrected chi connectivity index (χ4v) is 2.35. The second-order valence-electron chi connectivity index (χ2n) is 3.60. The number of nitrogens with zero attached hydrogens (tertiary/aromatic N) is 2. The molecule has 1 atom stereocenters. The lowest BCUT2D eigenvalue weighted by atomic mass is 10.2. The molecule has 20 heavy (non-hydrogen) atoms. The molecule has 1 rings (SSSR count). The van der Waals surface area contributed by atoms with E-state index in [1.54, 1.807) is 10.8 Å². The lowest BCUT2D eigenvalue weighted by Gasteiger charge is -2.12. The van der Waals surface area contributed by atoms with Gasteiger partial charge >= 0.3 is 11.9 Å². The molecule has 3 N–H and O–H groups in total. The summed E-state index contributed by atoms with van der Waals surface area (Å²) in [5.74, 6) is -3.07. The molecule has 106 valence electrons. The highest BCUT2D eigenvalue weighted by Gasteiger charge is 2.27. The SMILES string of the molecule is N#Cc1ccc(S(=O)(=O)N[C@H](CC(=O)O)C(=O)O)cn1. The minimum Gasteiger partial charge on any atom is -0.481 e. The summed E-state index contributed by atoms with van der Waals surface area (Å²) in [6.45, 7) is 0. The summed E-state index contributed by atoms with van der Waals surface area (Å²) in [7, 11) is -4.24. The summed E-state index contributed by atoms with van der Waals surface area (Å²) in [6, 6.07) is 2.10. The number of nitriles is 1. The standard InChI is InChI=1S/C10H9N3O6S/c11-4-6-1-2-7(5-12-6)20(18,19)13-8(10(16)17)3-9(14)15/h1-2,5,8,13H,3H2,(H,14,15)(H,16,17)/t8-/m1/s1. The number of carboxylic acid groups (broad SMARTS) is 2. The van der Waals surface area contributed by atoms with Gasteiger partial charge in [-0.15, -0.1) is 0 Å². The van der Waals surface area contributed by atoms with Crippen molar-refractivity contribution in [1.82, 2.24) is 9.71 Å². The van der Waals surface area contributed by atoms with Gasteiger partial charge in [0.15, 0.2) is 0 Å². The number of aliphatic carboxylic acids is 2. The molecule has 0 aliphatic rings. The van der Waals surface area contributed by atoms with E-state index in [0.717, 1.165) is 18.3 Å². The molecule has 1 heterocycles. The first kappa shape index (κ1) is 15.5. The summed E-state index contributed by atoms with van der Waals surface area (Å²) < 4.78 is 25.4. The minimum atomic E-state index is -4.24. The van der Waals surface area contributed by atoms with Crippen molar-refractivity contribution in [1.29, 1.82) is 5.26 Å². The molecule has 0 saturated carbocycles. The van der Waals surface area contributed by atoms with Crippen LogP contribution < -0.4 is 4.72 Å². The van der Waals surface area contributed by atoms with Gasteiger partial charge in [-0.25, -0.2) is 13.4 Å². The minimum absolute atomic E-state index is 0.00993. The fourth-order valence-electron chi connectivity index (χ4n) is 1.21. The average Bonchev–Trinajstić information content (AvgIpc) is 2.37. The number of hydrogen-bond donors (Lipinski definition) is 3. The molecule has 1 aromatic rings. The molecule has 9 nitrogen and oxygen atoms in total. The predicted octanol–water partition coefficient (Wildman–Crippen LogP) is -0.841. The van der Waals surface area contributed by atoms with E-state index in [-0.39, 0.29) is 10.6 Å². The number of carbonyl (C=O) groups is 2. The van der Waals surface area contributed by atoms with Gasteiger partial charge in [0.1, 0.15) is 22.7 Å². The summed E-state index contributed by atoms with van der Waals surface area (Å²) in [5, 5.41) is 25.8. The van der Waals surface area contributed by atoms with Crippen LogP contribution in [-0.2, 0) is 19.6 Å². The van der Waals surface area contributed by atoms with E-state index in [0.29, 0.717) is 0 Å². The predicted molar refractivity (Wildman–Crippen MR) is 63.0 cm³/mol. The summed E-state index contributed by atoms with van der Waals surface area (Å²) >= 11 is 0. The van der Waals surface area contributed by atoms with Crippen molar-refractivity contribution in [2.45, 2.75) is 17.4 Å². The smallest absolute Gasteiger partial charge is 0.322 e. The zero-order chi connectivity index (χ0) is 15.3. The van der Waals surface area contributed by atoms with Gasteiger partial charge < -0.3 is 10.2 Å². The van der Waals surface area contributed by atoms with Crippen molar-refractivity contribution in [2.24, 2.45) is 0 Å². The number of rotatable bonds is 6. The Hall–Kier alpha value is -2.51. The molecule has 0 bridgehead atoms. The molecule has 0 amide bonds. The third-order valence-electron chi connectivity index (χ3n) is 2.14. The first-order valence-corrected chi connectivity index (χ1v) is 6.57. The van der Waals surface area contributed by atoms with Gasteiger partial charge in [0.25, 0.3) is 0 Å². The van der Waals surface area contributed by atoms with Crippen LogP contribution in [0.4, 0.5) is 0 Å². The fraction of sp³-hybridized carbons (Fsp3) is 0.200. The van der Waals surface area contributed by atoms with Crippen LogP contribution >= 0.6 is 0 Å². The van der Waals surface area contributed by atoms with E-state index in [9.17, 15) is 18.0 Å². The van der Waals surface area contributed by atoms with Crippen LogP contribution in [0.1, 0.15) is 12.1 Å². The first-order chi connectivity index (χ1) is 9.26. The number of sulfonamides is 1. The van der Waals surface area contributed by atoms with Gasteiger partial charge in [-0.2, -0.15) is 9.98 Å². The Morgan fingerprint density at radius 2 is 2.05 bits per heavy atom. The molecule has 0 spiro atoms. The van der Waals surface area contributed by atoms with Crippen molar-refractivity contribution in [3.8, 4) is 6.07 Å². The van der Waals surface area contributed by atoms with Crippen LogP contribution in [0.5, 0.6) is 0 Å². The van der Waals surface area contributed by atoms with Crippen molar-refractivity contribution >= 4 is 22.0 Å². The van der Waals surface area contributed by atoms with Crippen LogP contribution in [-0.4, -0.2) is 41.6 Å². The average molecular weight is 299 g/mol. The second-order valence-corrected chi connectivity index (χ2v) is 5.31. The monoisotopic (exact) mass is 299 g/mol. The molecule has 0 unspecified atom stereocenters. The maximum atomic E-state index is 11.8. The third-order valence-corrected chi connectivity index (χ3v) is 3.59. The van der Waals surface area contributed by atoms with Crippen LogP contribution in [0.25, 0.3) is 0 Å². The Kier molecular flexibility index (Phi) is 4.73. The van der Waals surface area contributed by atoms with Crippen molar-refractivity contribution < 1.29 is 28.2 Å². The Labute approximate surface area is 113 Å². The zero-order valence-electron chi connectivity index (χ0n) is 9.85. The van der Waals surface area contributed by atoms with Crippen LogP contribution in [0.15, 0.2) is 23.2 Å². The molecule has 0 saturated heterocycles. The van der Waals surface area contributed by atoms with Crippen molar-refractivity contribution in [3.63, 3.8) is 0 Å². The highest BCUT2D eigenvalue weighted by atomic mass is 32.2. The summed E-state index contributed by atoms with van der Waals surface area (Å²) in [6.07, 6.45) is -0.0289. The number of carboxylic acids is 2. The highest BCUT2D eigenvalue weighted by molar-refractivity contribution is 7.89. The van der Waals surface area contributed by atoms with Crippen LogP contribution in [0.2, 0.25) is 0 Å². The van der Waals surface area contributed by atoms with Crippen LogP contribution in [0, 0.1) is 11.3 Å². The maximum Gasteiger partial charge on any atom is 0.322 e. The van der Waals surface area contributed by atoms with E-state index in [1.807, 2.05) is 0 Å². The maximum absolute atomic E-state index is 11.8. The van der Waals surface area contributed by atoms with Gasteiger partial charge in [0.2, 0.25) is 10.0 Å². The first-order valence-electron chi connectivity index (χ1n) is 5.09. The topological polar surface area (TPSA) is 157 Å². The van der Waals surface area contributed by atoms with Gasteiger partial charge in [-0.3, -0.25) is 9.59 Å². The molecule has 0 radical (unpaired) electrons. The zero-order valence-corrected chi connectivity index (χ0v) is 10.7. The van der Waals surface area contributed by atoms with Crippen molar-refractivity contribution in [3.05, 3.63) is 24.0 Å². The van der Waals surface area contributed by atoms with E-state index in [2.05, 4.69) is 4.98 Å². The molecule has 0 aromatic carbocycles. The third kappa shape index (κ3) is 4.01. The van der Waals surface area contributed by atoms with E-state index >= 15 is 0 Å². The number of aromatic nitrogens is 1. The Bertz CT molecular complexity index is 661. The lowest BCUT2D eigenvalue weighted by molar-refractivity contribution is -0.145. The molecular weight excluding hydrogens is 290 g/mol. The summed E-state index contributed by atoms with van der Waals surface area (Å²) in [5.41, 5.74) is -0.00993. The van der Waals surface area contributed by atoms with Gasteiger partial charge in [0.05, 0.1) is 6.42 Å². The summed E-state index contributed by atoms with van der Waals surface area (Å²) in [4.78, 5) is 24.4. The molecular formula is C10H9N3O6S. The quantitative estimate of drug-likeness (QED) is 0.613. The van der Waals surface area contributed by atoms with Gasteiger partial charge in [-0.1, -0.05) is 0 Å². The van der Waals surface area contributed by atoms with E-state index in [1.165, 1.54) is 0 Å². The number of hydrogen-bond acceptors (Lipinski definition) is 6. The van der Waals surface area contributed by atoms with E-state index in [4.69, 9.17) is 15.5 Å². The number of nitrogens with one attached hydrogen (secondary N) is 1. The Balaban J connectivity index is 3.00. The van der Waals surface area contributed by atoms with Gasteiger partial charge in [-0.05, 0) is 12.1 Å². The molecule has 0 fully saturated rings. The molecule has 0 aliphatic heterocycles. The van der Waals surface area contributed by atoms with Gasteiger partial charge in [0, 0.05) is 6.20 Å². The lowest BCUT2D eigenvalue weighted by Crippen LogP contribution is -2.42. The number of pyridine rings is 1. The van der Waals surface area contributed by atoms with E-state index < -0.39 is 34.4 Å². The highest BCUT2D eigenvalue weighted by Crippen LogP contribution is 2.09. The second kappa shape index (κ2) is 6.09. The molecule has 1 aromatic heterocycles. The van der Waals surface area contributed by atoms with Crippen molar-refractivity contribution in [2.75, 3.05) is 0 Å². The molecule has 0 aliphatic carbocycles.